The standard InChI is InChI=1S/C13H13BrFNO3.C10H8BrFN4O2.C3H7I.CH4.BI.V/c1-8(17)2-4-10-7-16(13(18)19-10)9-3-5-11(14)12(15)6-9;11-8-2-1-6(3-9(8)12)16-5-7(4-14-15-13)18-10(16)17;1-2-3-4;;1-2;/h3,5-6,10H,2,4,7H2,1H3;1-3,7H,4-5H2;2-3H2,1H3;1H4;;/t10-;7-;;;;/m00..../s1. The number of alkyl halides is 1. The molecule has 245 valence electrons. The first-order chi connectivity index (χ1) is 20.5. The Kier molecular flexibility index (Phi) is 25.5. The summed E-state index contributed by atoms with van der Waals surface area (Å²) < 4.78 is 38.9. The third kappa shape index (κ3) is 16.0. The second kappa shape index (κ2) is 25.0. The van der Waals surface area contributed by atoms with Gasteiger partial charge in [0.1, 0.15) is 29.6 Å². The Morgan fingerprint density at radius 1 is 1.02 bits per heavy atom. The number of azide groups is 1. The van der Waals surface area contributed by atoms with Gasteiger partial charge in [-0.3, -0.25) is 9.80 Å². The molecule has 2 aliphatic rings. The van der Waals surface area contributed by atoms with Gasteiger partial charge >= 0.3 is 12.2 Å². The molecular weight excluding hydrogens is 988 g/mol. The molecule has 0 saturated carbocycles. The van der Waals surface area contributed by atoms with Crippen LogP contribution in [0.2, 0.25) is 0 Å². The molecule has 0 spiro atoms. The van der Waals surface area contributed by atoms with E-state index in [4.69, 9.17) is 15.0 Å². The molecule has 2 aliphatic heterocycles. The van der Waals surface area contributed by atoms with Crippen molar-refractivity contribution < 1.29 is 51.2 Å². The van der Waals surface area contributed by atoms with Gasteiger partial charge in [-0.05, 0) is 98.0 Å². The largest absolute Gasteiger partial charge is 0.444 e. The van der Waals surface area contributed by atoms with Gasteiger partial charge < -0.3 is 14.3 Å². The number of hydrogen-bond acceptors (Lipinski definition) is 6. The van der Waals surface area contributed by atoms with Crippen LogP contribution in [0.5, 0.6) is 0 Å². The molecule has 2 heterocycles. The summed E-state index contributed by atoms with van der Waals surface area (Å²) in [6.45, 7) is 4.31. The van der Waals surface area contributed by atoms with Gasteiger partial charge in [-0.2, -0.15) is 22.4 Å². The molecule has 2 aromatic rings. The number of amides is 2. The quantitative estimate of drug-likeness (QED) is 0.0651. The fraction of sp³-hybridized carbons (Fsp3) is 0.444. The van der Waals surface area contributed by atoms with Crippen molar-refractivity contribution in [3.8, 4) is 0 Å². The molecule has 2 fully saturated rings. The summed E-state index contributed by atoms with van der Waals surface area (Å²) in [6, 6.07) is 8.81. The van der Waals surface area contributed by atoms with Crippen LogP contribution in [0.4, 0.5) is 29.7 Å². The van der Waals surface area contributed by atoms with Crippen LogP contribution in [-0.2, 0) is 32.8 Å². The fourth-order valence-corrected chi connectivity index (χ4v) is 4.00. The van der Waals surface area contributed by atoms with Crippen molar-refractivity contribution in [1.29, 1.82) is 0 Å². The van der Waals surface area contributed by atoms with E-state index in [1.54, 1.807) is 40.6 Å². The molecule has 2 saturated heterocycles. The topological polar surface area (TPSA) is 125 Å². The summed E-state index contributed by atoms with van der Waals surface area (Å²) in [4.78, 5) is 39.5. The summed E-state index contributed by atoms with van der Waals surface area (Å²) in [5, 5.41) is 3.34. The molecule has 4 rings (SSSR count). The Balaban J connectivity index is 0. The molecule has 0 aliphatic carbocycles. The summed E-state index contributed by atoms with van der Waals surface area (Å²) in [5.41, 5.74) is 13.5. The van der Waals surface area contributed by atoms with Crippen LogP contribution in [0.3, 0.4) is 0 Å². The molecule has 45 heavy (non-hydrogen) atoms. The van der Waals surface area contributed by atoms with E-state index < -0.39 is 29.9 Å². The normalized spacial score (nSPS) is 16.0. The second-order valence-corrected chi connectivity index (χ2v) is 11.6. The Hall–Kier alpha value is -1.11. The number of cyclic esters (lactones) is 2. The Bertz CT molecular complexity index is 1300. The number of Topliss-reactive ketones (excluding diaryl/α,β-unsaturated/α-hetero) is 1. The molecule has 2 atom stereocenters. The maximum Gasteiger partial charge on any atom is 0.414 e. The third-order valence-corrected chi connectivity index (χ3v) is 7.90. The number of rotatable bonds is 8. The number of carbonyl (C=O) groups excluding carboxylic acids is 3. The van der Waals surface area contributed by atoms with Crippen LogP contribution in [0, 0.1) is 11.6 Å². The molecule has 0 unspecified atom stereocenters. The first-order valence-electron chi connectivity index (χ1n) is 12.6. The maximum atomic E-state index is 13.4. The zero-order chi connectivity index (χ0) is 32.5. The third-order valence-electron chi connectivity index (χ3n) is 5.53. The number of ether oxygens (including phenoxy) is 2. The van der Waals surface area contributed by atoms with E-state index in [2.05, 4.69) is 77.1 Å². The van der Waals surface area contributed by atoms with E-state index in [0.717, 1.165) is 0 Å². The Labute approximate surface area is 319 Å². The van der Waals surface area contributed by atoms with Crippen LogP contribution in [-0.4, -0.2) is 59.9 Å². The predicted octanol–water partition coefficient (Wildman–Crippen LogP) is 9.48. The van der Waals surface area contributed by atoms with Gasteiger partial charge in [0.2, 0.25) is 0 Å². The summed E-state index contributed by atoms with van der Waals surface area (Å²) in [7, 11) is 0. The van der Waals surface area contributed by atoms with Crippen LogP contribution in [0.15, 0.2) is 50.5 Å². The van der Waals surface area contributed by atoms with Crippen molar-refractivity contribution in [2.45, 2.75) is 52.7 Å². The fourth-order valence-electron chi connectivity index (χ4n) is 3.51. The molecule has 0 bridgehead atoms. The molecule has 10 nitrogen and oxygen atoms in total. The van der Waals surface area contributed by atoms with Crippen molar-refractivity contribution in [1.82, 2.24) is 0 Å². The number of carbonyl (C=O) groups is 3. The summed E-state index contributed by atoms with van der Waals surface area (Å²) in [5.74, 6) is -0.833. The van der Waals surface area contributed by atoms with Crippen molar-refractivity contribution in [3.05, 3.63) is 67.4 Å². The molecule has 0 N–H and O–H groups in total. The predicted molar refractivity (Wildman–Crippen MR) is 193 cm³/mol. The van der Waals surface area contributed by atoms with Gasteiger partial charge in [0.25, 0.3) is 0 Å². The van der Waals surface area contributed by atoms with Gasteiger partial charge in [-0.1, -0.05) is 42.1 Å². The number of hydrogen-bond donors (Lipinski definition) is 0. The van der Waals surface area contributed by atoms with Crippen LogP contribution >= 0.6 is 76.8 Å². The van der Waals surface area contributed by atoms with Crippen molar-refractivity contribution in [2.24, 2.45) is 5.11 Å². The number of anilines is 2. The number of nitrogens with zero attached hydrogens (tertiary/aromatic N) is 5. The Morgan fingerprint density at radius 2 is 1.44 bits per heavy atom. The monoisotopic (exact) mass is 1020 g/mol. The van der Waals surface area contributed by atoms with E-state index in [1.165, 1.54) is 45.8 Å². The second-order valence-electron chi connectivity index (χ2n) is 8.77. The molecular formula is C27H32BBr2F2I2N5O5V. The molecule has 18 heteroatoms. The molecule has 2 amide bonds. The average molecular weight is 1020 g/mol. The smallest absolute Gasteiger partial charge is 0.414 e. The van der Waals surface area contributed by atoms with Gasteiger partial charge in [-0.25, -0.2) is 18.4 Å². The maximum absolute atomic E-state index is 13.4. The van der Waals surface area contributed by atoms with E-state index in [9.17, 15) is 23.2 Å². The number of benzene rings is 2. The van der Waals surface area contributed by atoms with E-state index >= 15 is 0 Å². The zero-order valence-electron chi connectivity index (χ0n) is 23.6. The van der Waals surface area contributed by atoms with Crippen LogP contribution < -0.4 is 9.80 Å². The van der Waals surface area contributed by atoms with Gasteiger partial charge in [0.15, 0.2) is 5.70 Å². The number of ketones is 1. The van der Waals surface area contributed by atoms with Gasteiger partial charge in [0, 0.05) is 29.9 Å². The molecule has 3 radical (unpaired) electrons. The van der Waals surface area contributed by atoms with Crippen molar-refractivity contribution in [3.63, 3.8) is 0 Å². The van der Waals surface area contributed by atoms with Crippen LogP contribution in [0.1, 0.15) is 40.5 Å². The minimum atomic E-state index is -0.574. The SMILES string of the molecule is C.CC(=O)CC[C@H]1CN(c2ccc(Br)c(F)c2)C(=O)O1.CCCI.[B]I.[N-]=[N+]=NC[C@H]1CN(c2ccc(Br)c(F)c2)C(=O)O1.[V]. The average Bonchev–Trinajstić information content (AvgIpc) is 3.56. The summed E-state index contributed by atoms with van der Waals surface area (Å²) in [6.07, 6.45) is 0.283. The first kappa shape index (κ1) is 46.0. The summed E-state index contributed by atoms with van der Waals surface area (Å²) >= 11 is 10.1. The molecule has 2 aromatic carbocycles. The van der Waals surface area contributed by atoms with Gasteiger partial charge in [-0.15, -0.1) is 0 Å². The first-order valence-corrected chi connectivity index (χ1v) is 17.0. The van der Waals surface area contributed by atoms with Gasteiger partial charge in [0.05, 0.1) is 40.0 Å². The molecule has 0 aromatic heterocycles. The van der Waals surface area contributed by atoms with E-state index in [-0.39, 0.29) is 51.0 Å². The Morgan fingerprint density at radius 3 is 1.82 bits per heavy atom. The number of halogens is 6. The van der Waals surface area contributed by atoms with Crippen LogP contribution in [0.25, 0.3) is 10.4 Å². The van der Waals surface area contributed by atoms with E-state index in [1.807, 2.05) is 0 Å². The van der Waals surface area contributed by atoms with Crippen molar-refractivity contribution in [2.75, 3.05) is 33.9 Å². The zero-order valence-corrected chi connectivity index (χ0v) is 32.5. The van der Waals surface area contributed by atoms with E-state index in [0.29, 0.717) is 39.7 Å². The van der Waals surface area contributed by atoms with Crippen molar-refractivity contribution >= 4 is 112 Å². The minimum absolute atomic E-state index is 0. The minimum Gasteiger partial charge on any atom is -0.444 e.